The van der Waals surface area contributed by atoms with Crippen LogP contribution in [-0.4, -0.2) is 31.2 Å². The minimum Gasteiger partial charge on any atom is -0.493 e. The third-order valence-electron chi connectivity index (χ3n) is 4.38. The summed E-state index contributed by atoms with van der Waals surface area (Å²) in [6.45, 7) is -0.169. The first kappa shape index (κ1) is 19.0. The number of rotatable bonds is 6. The van der Waals surface area contributed by atoms with E-state index in [2.05, 4.69) is 0 Å². The molecule has 0 bridgehead atoms. The van der Waals surface area contributed by atoms with Gasteiger partial charge in [0.2, 0.25) is 0 Å². The van der Waals surface area contributed by atoms with Gasteiger partial charge in [-0.05, 0) is 40.6 Å². The van der Waals surface area contributed by atoms with Crippen molar-refractivity contribution in [1.82, 2.24) is 0 Å². The van der Waals surface area contributed by atoms with Crippen LogP contribution in [-0.2, 0) is 4.79 Å². The molecule has 0 saturated carbocycles. The van der Waals surface area contributed by atoms with Crippen LogP contribution in [0.4, 0.5) is 0 Å². The lowest BCUT2D eigenvalue weighted by Crippen LogP contribution is -2.18. The van der Waals surface area contributed by atoms with E-state index in [9.17, 15) is 4.79 Å². The molecule has 1 fully saturated rings. The maximum Gasteiger partial charge on any atom is 0.349 e. The van der Waals surface area contributed by atoms with Crippen LogP contribution in [0, 0.1) is 0 Å². The first-order chi connectivity index (χ1) is 13.7. The van der Waals surface area contributed by atoms with Gasteiger partial charge in [-0.1, -0.05) is 36.4 Å². The molecule has 4 nitrogen and oxygen atoms in total. The SMILES string of the molecule is COc1cc(C2SCCS2)ccc1OC(=O)COc1ccc2ccccc2c1. The van der Waals surface area contributed by atoms with Crippen molar-refractivity contribution in [2.45, 2.75) is 4.58 Å². The Morgan fingerprint density at radius 1 is 0.964 bits per heavy atom. The van der Waals surface area contributed by atoms with Crippen molar-refractivity contribution in [3.63, 3.8) is 0 Å². The maximum atomic E-state index is 12.2. The summed E-state index contributed by atoms with van der Waals surface area (Å²) in [4.78, 5) is 12.2. The second-order valence-electron chi connectivity index (χ2n) is 6.26. The molecule has 0 unspecified atom stereocenters. The molecular weight excluding hydrogens is 392 g/mol. The average molecular weight is 413 g/mol. The monoisotopic (exact) mass is 412 g/mol. The van der Waals surface area contributed by atoms with Crippen molar-refractivity contribution in [1.29, 1.82) is 0 Å². The number of carbonyl (C=O) groups is 1. The summed E-state index contributed by atoms with van der Waals surface area (Å²) >= 11 is 3.84. The van der Waals surface area contributed by atoms with E-state index in [0.29, 0.717) is 21.8 Å². The van der Waals surface area contributed by atoms with E-state index in [-0.39, 0.29) is 6.61 Å². The molecule has 1 heterocycles. The van der Waals surface area contributed by atoms with Crippen LogP contribution in [0.1, 0.15) is 10.1 Å². The predicted octanol–water partition coefficient (Wildman–Crippen LogP) is 5.31. The van der Waals surface area contributed by atoms with Crippen molar-refractivity contribution < 1.29 is 19.0 Å². The fourth-order valence-corrected chi connectivity index (χ4v) is 5.86. The number of hydrogen-bond donors (Lipinski definition) is 0. The lowest BCUT2D eigenvalue weighted by Gasteiger charge is -2.14. The van der Waals surface area contributed by atoms with E-state index in [1.165, 1.54) is 5.56 Å². The number of thioether (sulfide) groups is 2. The quantitative estimate of drug-likeness (QED) is 0.404. The molecule has 3 aromatic rings. The van der Waals surface area contributed by atoms with E-state index in [4.69, 9.17) is 14.2 Å². The number of ether oxygens (including phenoxy) is 3. The Morgan fingerprint density at radius 2 is 1.75 bits per heavy atom. The van der Waals surface area contributed by atoms with E-state index in [1.807, 2.05) is 78.1 Å². The summed E-state index contributed by atoms with van der Waals surface area (Å²) in [6.07, 6.45) is 0. The highest BCUT2D eigenvalue weighted by Gasteiger charge is 2.20. The van der Waals surface area contributed by atoms with E-state index < -0.39 is 5.97 Å². The number of methoxy groups -OCH3 is 1. The normalized spacial score (nSPS) is 14.2. The van der Waals surface area contributed by atoms with Crippen molar-refractivity contribution in [2.75, 3.05) is 25.2 Å². The van der Waals surface area contributed by atoms with Crippen LogP contribution in [0.15, 0.2) is 60.7 Å². The van der Waals surface area contributed by atoms with Gasteiger partial charge in [0.25, 0.3) is 0 Å². The molecule has 1 aliphatic heterocycles. The zero-order valence-electron chi connectivity index (χ0n) is 15.4. The Morgan fingerprint density at radius 3 is 2.54 bits per heavy atom. The molecule has 6 heteroatoms. The zero-order valence-corrected chi connectivity index (χ0v) is 17.1. The number of fused-ring (bicyclic) bond motifs is 1. The van der Waals surface area contributed by atoms with Crippen molar-refractivity contribution in [3.05, 3.63) is 66.2 Å². The molecule has 4 rings (SSSR count). The molecule has 3 aromatic carbocycles. The molecule has 0 spiro atoms. The molecule has 0 aromatic heterocycles. The Balaban J connectivity index is 1.39. The Kier molecular flexibility index (Phi) is 5.98. The lowest BCUT2D eigenvalue weighted by atomic mass is 10.1. The summed E-state index contributed by atoms with van der Waals surface area (Å²) in [7, 11) is 1.58. The number of benzene rings is 3. The average Bonchev–Trinajstić information content (AvgIpc) is 3.27. The highest BCUT2D eigenvalue weighted by Crippen LogP contribution is 2.46. The van der Waals surface area contributed by atoms with Gasteiger partial charge in [0.1, 0.15) is 5.75 Å². The summed E-state index contributed by atoms with van der Waals surface area (Å²) in [5.74, 6) is 3.44. The largest absolute Gasteiger partial charge is 0.493 e. The third kappa shape index (κ3) is 4.39. The van der Waals surface area contributed by atoms with Crippen LogP contribution in [0.3, 0.4) is 0 Å². The summed E-state index contributed by atoms with van der Waals surface area (Å²) < 4.78 is 16.9. The van der Waals surface area contributed by atoms with Gasteiger partial charge in [-0.3, -0.25) is 0 Å². The van der Waals surface area contributed by atoms with Gasteiger partial charge in [-0.2, -0.15) is 0 Å². The molecule has 1 aliphatic rings. The highest BCUT2D eigenvalue weighted by atomic mass is 32.2. The summed E-state index contributed by atoms with van der Waals surface area (Å²) in [5, 5.41) is 2.19. The van der Waals surface area contributed by atoms with E-state index in [1.54, 1.807) is 13.2 Å². The van der Waals surface area contributed by atoms with Crippen molar-refractivity contribution in [2.24, 2.45) is 0 Å². The van der Waals surface area contributed by atoms with Gasteiger partial charge in [-0.15, -0.1) is 23.5 Å². The van der Waals surface area contributed by atoms with Crippen LogP contribution < -0.4 is 14.2 Å². The van der Waals surface area contributed by atoms with Gasteiger partial charge in [0.15, 0.2) is 18.1 Å². The Bertz CT molecular complexity index is 983. The lowest BCUT2D eigenvalue weighted by molar-refractivity contribution is -0.136. The fraction of sp³-hybridized carbons (Fsp3) is 0.227. The fourth-order valence-electron chi connectivity index (χ4n) is 3.02. The maximum absolute atomic E-state index is 12.2. The summed E-state index contributed by atoms with van der Waals surface area (Å²) in [6, 6.07) is 19.5. The second kappa shape index (κ2) is 8.80. The van der Waals surface area contributed by atoms with Crippen LogP contribution in [0.25, 0.3) is 10.8 Å². The minimum absolute atomic E-state index is 0.169. The topological polar surface area (TPSA) is 44.8 Å². The molecule has 0 atom stereocenters. The van der Waals surface area contributed by atoms with E-state index >= 15 is 0 Å². The molecule has 0 N–H and O–H groups in total. The second-order valence-corrected chi connectivity index (χ2v) is 8.98. The Labute approximate surface area is 172 Å². The predicted molar refractivity (Wildman–Crippen MR) is 116 cm³/mol. The first-order valence-corrected chi connectivity index (χ1v) is 11.1. The van der Waals surface area contributed by atoms with Gasteiger partial charge in [-0.25, -0.2) is 4.79 Å². The van der Waals surface area contributed by atoms with E-state index in [0.717, 1.165) is 22.3 Å². The number of hydrogen-bond acceptors (Lipinski definition) is 6. The third-order valence-corrected chi connectivity index (χ3v) is 7.49. The molecule has 0 aliphatic carbocycles. The molecule has 144 valence electrons. The zero-order chi connectivity index (χ0) is 19.3. The van der Waals surface area contributed by atoms with Gasteiger partial charge >= 0.3 is 5.97 Å². The van der Waals surface area contributed by atoms with Gasteiger partial charge in [0, 0.05) is 11.5 Å². The molecule has 28 heavy (non-hydrogen) atoms. The molecule has 0 radical (unpaired) electrons. The molecule has 1 saturated heterocycles. The number of esters is 1. The smallest absolute Gasteiger partial charge is 0.349 e. The standard InChI is InChI=1S/C22H20O4S2/c1-24-20-13-17(22-27-10-11-28-22)7-9-19(20)26-21(23)14-25-18-8-6-15-4-2-3-5-16(15)12-18/h2-9,12-13,22H,10-11,14H2,1H3. The molecule has 0 amide bonds. The minimum atomic E-state index is -0.469. The first-order valence-electron chi connectivity index (χ1n) is 8.96. The van der Waals surface area contributed by atoms with Crippen molar-refractivity contribution >= 4 is 40.3 Å². The number of carbonyl (C=O) groups excluding carboxylic acids is 1. The highest BCUT2D eigenvalue weighted by molar-refractivity contribution is 8.19. The van der Waals surface area contributed by atoms with Gasteiger partial charge in [0.05, 0.1) is 11.7 Å². The summed E-state index contributed by atoms with van der Waals surface area (Å²) in [5.41, 5.74) is 1.18. The van der Waals surface area contributed by atoms with Crippen LogP contribution in [0.5, 0.6) is 17.2 Å². The Hall–Kier alpha value is -2.31. The van der Waals surface area contributed by atoms with Crippen molar-refractivity contribution in [3.8, 4) is 17.2 Å². The molecular formula is C22H20O4S2. The van der Waals surface area contributed by atoms with Crippen LogP contribution in [0.2, 0.25) is 0 Å². The van der Waals surface area contributed by atoms with Gasteiger partial charge < -0.3 is 14.2 Å². The van der Waals surface area contributed by atoms with Crippen LogP contribution >= 0.6 is 23.5 Å².